The zero-order valence-electron chi connectivity index (χ0n) is 10.9. The van der Waals surface area contributed by atoms with Gasteiger partial charge in [-0.05, 0) is 42.0 Å². The fourth-order valence-corrected chi connectivity index (χ4v) is 2.52. The maximum Gasteiger partial charge on any atom is 0.144 e. The fourth-order valence-electron chi connectivity index (χ4n) is 2.52. The minimum absolute atomic E-state index is 0.369. The molecular formula is C15H18N4. The highest BCUT2D eigenvalue weighted by Crippen LogP contribution is 2.23. The Balaban J connectivity index is 1.68. The van der Waals surface area contributed by atoms with E-state index in [9.17, 15) is 0 Å². The summed E-state index contributed by atoms with van der Waals surface area (Å²) in [5.41, 5.74) is 9.85. The number of fused-ring (bicyclic) bond motifs is 1. The van der Waals surface area contributed by atoms with Crippen LogP contribution in [0.4, 0.5) is 5.82 Å². The maximum atomic E-state index is 5.53. The van der Waals surface area contributed by atoms with Gasteiger partial charge in [0, 0.05) is 12.7 Å². The molecule has 0 saturated carbocycles. The summed E-state index contributed by atoms with van der Waals surface area (Å²) in [5, 5.41) is 3.32. The molecule has 1 aliphatic carbocycles. The molecule has 1 aromatic heterocycles. The summed E-state index contributed by atoms with van der Waals surface area (Å²) in [4.78, 5) is 8.42. The Morgan fingerprint density at radius 3 is 2.95 bits per heavy atom. The van der Waals surface area contributed by atoms with Gasteiger partial charge in [-0.3, -0.25) is 0 Å². The van der Waals surface area contributed by atoms with E-state index in [2.05, 4.69) is 33.5 Å². The van der Waals surface area contributed by atoms with Crippen LogP contribution < -0.4 is 11.1 Å². The summed E-state index contributed by atoms with van der Waals surface area (Å²) >= 11 is 0. The van der Waals surface area contributed by atoms with Crippen LogP contribution in [0.15, 0.2) is 30.5 Å². The smallest absolute Gasteiger partial charge is 0.144 e. The molecule has 0 atom stereocenters. The van der Waals surface area contributed by atoms with Crippen molar-refractivity contribution in [2.24, 2.45) is 5.73 Å². The Morgan fingerprint density at radius 2 is 2.05 bits per heavy atom. The lowest BCUT2D eigenvalue weighted by Crippen LogP contribution is -2.07. The van der Waals surface area contributed by atoms with E-state index < -0.39 is 0 Å². The Labute approximate surface area is 113 Å². The Bertz CT molecular complexity index is 580. The highest BCUT2D eigenvalue weighted by atomic mass is 15.0. The molecule has 0 saturated heterocycles. The summed E-state index contributed by atoms with van der Waals surface area (Å²) in [5.74, 6) is 1.50. The molecule has 4 nitrogen and oxygen atoms in total. The fraction of sp³-hybridized carbons (Fsp3) is 0.333. The Hall–Kier alpha value is -1.94. The van der Waals surface area contributed by atoms with Crippen LogP contribution in [-0.2, 0) is 25.9 Å². The summed E-state index contributed by atoms with van der Waals surface area (Å²) in [6.45, 7) is 1.16. The van der Waals surface area contributed by atoms with Crippen LogP contribution in [0.25, 0.3) is 0 Å². The van der Waals surface area contributed by atoms with E-state index in [0.717, 1.165) is 12.4 Å². The molecular weight excluding hydrogens is 236 g/mol. The number of aryl methyl sites for hydroxylation is 2. The first kappa shape index (κ1) is 12.1. The lowest BCUT2D eigenvalue weighted by molar-refractivity contribution is 0.904. The second kappa shape index (κ2) is 5.36. The average molecular weight is 254 g/mol. The molecule has 4 heteroatoms. The molecule has 3 rings (SSSR count). The van der Waals surface area contributed by atoms with Crippen LogP contribution in [0.1, 0.15) is 28.9 Å². The number of rotatable bonds is 4. The molecule has 1 heterocycles. The van der Waals surface area contributed by atoms with Crippen molar-refractivity contribution in [3.05, 3.63) is 53.0 Å². The predicted octanol–water partition coefficient (Wildman–Crippen LogP) is 2.04. The van der Waals surface area contributed by atoms with Gasteiger partial charge < -0.3 is 11.1 Å². The van der Waals surface area contributed by atoms with Crippen LogP contribution in [0.2, 0.25) is 0 Å². The molecule has 0 fully saturated rings. The first-order valence-electron chi connectivity index (χ1n) is 6.72. The van der Waals surface area contributed by atoms with Gasteiger partial charge in [-0.2, -0.15) is 0 Å². The summed E-state index contributed by atoms with van der Waals surface area (Å²) < 4.78 is 0. The number of nitrogens with two attached hydrogens (primary N) is 1. The topological polar surface area (TPSA) is 63.8 Å². The van der Waals surface area contributed by atoms with Crippen molar-refractivity contribution in [1.82, 2.24) is 9.97 Å². The molecule has 0 amide bonds. The van der Waals surface area contributed by atoms with Crippen LogP contribution in [-0.4, -0.2) is 9.97 Å². The van der Waals surface area contributed by atoms with Crippen molar-refractivity contribution in [2.45, 2.75) is 32.4 Å². The van der Waals surface area contributed by atoms with Crippen molar-refractivity contribution in [3.8, 4) is 0 Å². The zero-order valence-corrected chi connectivity index (χ0v) is 10.9. The van der Waals surface area contributed by atoms with Gasteiger partial charge in [0.25, 0.3) is 0 Å². The maximum absolute atomic E-state index is 5.53. The van der Waals surface area contributed by atoms with Gasteiger partial charge in [-0.25, -0.2) is 9.97 Å². The number of nitrogens with zero attached hydrogens (tertiary/aromatic N) is 2. The van der Waals surface area contributed by atoms with Gasteiger partial charge in [-0.15, -0.1) is 0 Å². The first-order valence-corrected chi connectivity index (χ1v) is 6.72. The van der Waals surface area contributed by atoms with Crippen molar-refractivity contribution >= 4 is 5.82 Å². The molecule has 0 aliphatic heterocycles. The van der Waals surface area contributed by atoms with Crippen molar-refractivity contribution in [1.29, 1.82) is 0 Å². The minimum atomic E-state index is 0.369. The van der Waals surface area contributed by atoms with E-state index >= 15 is 0 Å². The van der Waals surface area contributed by atoms with Crippen molar-refractivity contribution in [2.75, 3.05) is 5.32 Å². The number of nitrogens with one attached hydrogen (secondary N) is 1. The Kier molecular flexibility index (Phi) is 3.42. The lowest BCUT2D eigenvalue weighted by Gasteiger charge is -2.08. The van der Waals surface area contributed by atoms with Gasteiger partial charge >= 0.3 is 0 Å². The summed E-state index contributed by atoms with van der Waals surface area (Å²) in [6, 6.07) is 8.62. The van der Waals surface area contributed by atoms with E-state index in [0.29, 0.717) is 12.4 Å². The van der Waals surface area contributed by atoms with E-state index in [1.807, 2.05) is 6.07 Å². The molecule has 19 heavy (non-hydrogen) atoms. The molecule has 0 unspecified atom stereocenters. The largest absolute Gasteiger partial charge is 0.366 e. The predicted molar refractivity (Wildman–Crippen MR) is 75.7 cm³/mol. The molecule has 2 aromatic rings. The van der Waals surface area contributed by atoms with Gasteiger partial charge in [0.15, 0.2) is 0 Å². The van der Waals surface area contributed by atoms with Gasteiger partial charge in [0.1, 0.15) is 11.6 Å². The molecule has 0 radical (unpaired) electrons. The van der Waals surface area contributed by atoms with E-state index in [-0.39, 0.29) is 0 Å². The van der Waals surface area contributed by atoms with Crippen LogP contribution in [0.3, 0.4) is 0 Å². The second-order valence-electron chi connectivity index (χ2n) is 4.87. The number of anilines is 1. The molecule has 1 aliphatic rings. The van der Waals surface area contributed by atoms with Crippen LogP contribution in [0.5, 0.6) is 0 Å². The van der Waals surface area contributed by atoms with Gasteiger partial charge in [0.05, 0.1) is 6.54 Å². The minimum Gasteiger partial charge on any atom is -0.366 e. The molecule has 1 aromatic carbocycles. The normalized spacial score (nSPS) is 13.3. The molecule has 3 N–H and O–H groups in total. The second-order valence-corrected chi connectivity index (χ2v) is 4.87. The quantitative estimate of drug-likeness (QED) is 0.876. The van der Waals surface area contributed by atoms with Gasteiger partial charge in [0.2, 0.25) is 0 Å². The highest BCUT2D eigenvalue weighted by molar-refractivity contribution is 5.38. The monoisotopic (exact) mass is 254 g/mol. The Morgan fingerprint density at radius 1 is 1.16 bits per heavy atom. The van der Waals surface area contributed by atoms with Gasteiger partial charge in [-0.1, -0.05) is 18.2 Å². The molecule has 0 spiro atoms. The van der Waals surface area contributed by atoms with E-state index in [4.69, 9.17) is 5.73 Å². The SMILES string of the molecule is NCc1nccc(NCc2ccc3c(c2)CCC3)n1. The first-order chi connectivity index (χ1) is 9.35. The third kappa shape index (κ3) is 2.74. The van der Waals surface area contributed by atoms with Crippen LogP contribution in [0, 0.1) is 0 Å². The third-order valence-electron chi connectivity index (χ3n) is 3.52. The zero-order chi connectivity index (χ0) is 13.1. The molecule has 98 valence electrons. The number of hydrogen-bond donors (Lipinski definition) is 2. The van der Waals surface area contributed by atoms with E-state index in [1.165, 1.54) is 36.0 Å². The molecule has 0 bridgehead atoms. The van der Waals surface area contributed by atoms with Crippen molar-refractivity contribution < 1.29 is 0 Å². The van der Waals surface area contributed by atoms with E-state index in [1.54, 1.807) is 6.20 Å². The van der Waals surface area contributed by atoms with Crippen LogP contribution >= 0.6 is 0 Å². The average Bonchev–Trinajstić information content (AvgIpc) is 2.93. The van der Waals surface area contributed by atoms with Crippen molar-refractivity contribution in [3.63, 3.8) is 0 Å². The summed E-state index contributed by atoms with van der Waals surface area (Å²) in [7, 11) is 0. The third-order valence-corrected chi connectivity index (χ3v) is 3.52. The number of hydrogen-bond acceptors (Lipinski definition) is 4. The highest BCUT2D eigenvalue weighted by Gasteiger charge is 2.10. The number of benzene rings is 1. The standard InChI is InChI=1S/C15H18N4/c16-9-15-17-7-6-14(19-15)18-10-11-4-5-12-2-1-3-13(12)8-11/h4-8H,1-3,9-10,16H2,(H,17,18,19). The summed E-state index contributed by atoms with van der Waals surface area (Å²) in [6.07, 6.45) is 5.47. The number of aromatic nitrogens is 2. The lowest BCUT2D eigenvalue weighted by atomic mass is 10.1.